The van der Waals surface area contributed by atoms with E-state index < -0.39 is 11.3 Å². The highest BCUT2D eigenvalue weighted by atomic mass is 35.5. The second-order valence-corrected chi connectivity index (χ2v) is 7.36. The number of benzene rings is 2. The average Bonchev–Trinajstić information content (AvgIpc) is 2.70. The fraction of sp³-hybridized carbons (Fsp3) is 0.136. The van der Waals surface area contributed by atoms with Crippen LogP contribution in [0.4, 0.5) is 0 Å². The molecule has 2 N–H and O–H groups in total. The van der Waals surface area contributed by atoms with Gasteiger partial charge in [0.2, 0.25) is 0 Å². The normalized spacial score (nSPS) is 18.2. The number of halogens is 2. The van der Waals surface area contributed by atoms with Crippen LogP contribution >= 0.6 is 23.2 Å². The van der Waals surface area contributed by atoms with Gasteiger partial charge in [0.1, 0.15) is 6.07 Å². The van der Waals surface area contributed by atoms with E-state index >= 15 is 0 Å². The van der Waals surface area contributed by atoms with Crippen molar-refractivity contribution < 1.29 is 0 Å². The highest BCUT2D eigenvalue weighted by Crippen LogP contribution is 2.52. The first-order valence-corrected chi connectivity index (χ1v) is 9.10. The molecule has 1 unspecified atom stereocenters. The first-order chi connectivity index (χ1) is 13.4. The molecule has 0 heterocycles. The smallest absolute Gasteiger partial charge is 0.194 e. The first-order valence-electron chi connectivity index (χ1n) is 8.35. The minimum Gasteiger partial charge on any atom is -0.399 e. The number of nitrogens with zero attached hydrogens (tertiary/aromatic N) is 3. The van der Waals surface area contributed by atoms with Gasteiger partial charge < -0.3 is 5.73 Å². The van der Waals surface area contributed by atoms with Crippen LogP contribution < -0.4 is 5.73 Å². The van der Waals surface area contributed by atoms with Crippen LogP contribution in [0.25, 0.3) is 5.57 Å². The maximum atomic E-state index is 9.96. The summed E-state index contributed by atoms with van der Waals surface area (Å²) in [4.78, 5) is 0. The topological polar surface area (TPSA) is 97.4 Å². The van der Waals surface area contributed by atoms with E-state index in [9.17, 15) is 15.8 Å². The SMILES string of the molecule is CC1=C(c2cccc(Cl)c2)C(C#N)=C(N)C(C#N)(C#N)C1c1ccc(Cl)cc1. The molecule has 136 valence electrons. The van der Waals surface area contributed by atoms with Gasteiger partial charge in [0, 0.05) is 21.5 Å². The summed E-state index contributed by atoms with van der Waals surface area (Å²) in [5.74, 6) is -0.661. The molecule has 0 aromatic heterocycles. The van der Waals surface area contributed by atoms with Crippen LogP contribution in [0.15, 0.2) is 65.4 Å². The molecule has 28 heavy (non-hydrogen) atoms. The number of rotatable bonds is 2. The molecule has 0 radical (unpaired) electrons. The molecule has 0 fully saturated rings. The minimum absolute atomic E-state index is 0.0551. The van der Waals surface area contributed by atoms with Gasteiger partial charge in [0.05, 0.1) is 23.4 Å². The fourth-order valence-corrected chi connectivity index (χ4v) is 4.03. The van der Waals surface area contributed by atoms with Crippen molar-refractivity contribution >= 4 is 28.8 Å². The lowest BCUT2D eigenvalue weighted by atomic mass is 9.62. The molecular formula is C22H14Cl2N4. The average molecular weight is 405 g/mol. The third kappa shape index (κ3) is 2.92. The monoisotopic (exact) mass is 404 g/mol. The van der Waals surface area contributed by atoms with Crippen LogP contribution in [-0.4, -0.2) is 0 Å². The van der Waals surface area contributed by atoms with Crippen LogP contribution in [0, 0.1) is 39.4 Å². The molecule has 0 aliphatic heterocycles. The molecule has 0 saturated carbocycles. The Morgan fingerprint density at radius 2 is 1.61 bits per heavy atom. The Morgan fingerprint density at radius 3 is 2.14 bits per heavy atom. The maximum Gasteiger partial charge on any atom is 0.194 e. The van der Waals surface area contributed by atoms with Crippen molar-refractivity contribution in [3.63, 3.8) is 0 Å². The van der Waals surface area contributed by atoms with E-state index in [0.717, 1.165) is 0 Å². The van der Waals surface area contributed by atoms with E-state index in [1.165, 1.54) is 0 Å². The van der Waals surface area contributed by atoms with Crippen molar-refractivity contribution in [1.29, 1.82) is 15.8 Å². The van der Waals surface area contributed by atoms with Gasteiger partial charge in [0.15, 0.2) is 5.41 Å². The summed E-state index contributed by atoms with van der Waals surface area (Å²) < 4.78 is 0. The molecular weight excluding hydrogens is 391 g/mol. The van der Waals surface area contributed by atoms with E-state index in [1.54, 1.807) is 42.5 Å². The lowest BCUT2D eigenvalue weighted by molar-refractivity contribution is 0.512. The van der Waals surface area contributed by atoms with E-state index in [-0.39, 0.29) is 11.3 Å². The summed E-state index contributed by atoms with van der Waals surface area (Å²) in [5.41, 5.74) is 7.35. The zero-order chi connectivity index (χ0) is 20.5. The van der Waals surface area contributed by atoms with Crippen molar-refractivity contribution in [3.05, 3.63) is 86.5 Å². The predicted octanol–water partition coefficient (Wildman–Crippen LogP) is 5.33. The van der Waals surface area contributed by atoms with Crippen LogP contribution in [0.2, 0.25) is 10.0 Å². The molecule has 1 aliphatic carbocycles. The summed E-state index contributed by atoms with van der Waals surface area (Å²) in [6.07, 6.45) is 0. The van der Waals surface area contributed by atoms with Crippen LogP contribution in [0.5, 0.6) is 0 Å². The molecule has 2 aromatic rings. The van der Waals surface area contributed by atoms with Gasteiger partial charge in [-0.3, -0.25) is 0 Å². The first kappa shape index (κ1) is 19.5. The largest absolute Gasteiger partial charge is 0.399 e. The molecule has 0 saturated heterocycles. The van der Waals surface area contributed by atoms with Crippen molar-refractivity contribution in [2.24, 2.45) is 11.1 Å². The standard InChI is InChI=1S/C22H14Cl2N4/c1-13-19(15-3-2-4-17(24)9-15)18(10-25)21(28)22(11-26,12-27)20(13)14-5-7-16(23)8-6-14/h2-9,20H,28H2,1H3. The molecule has 6 heteroatoms. The summed E-state index contributed by atoms with van der Waals surface area (Å²) in [6, 6.07) is 20.2. The Hall–Kier alpha value is -3.23. The number of hydrogen-bond acceptors (Lipinski definition) is 4. The van der Waals surface area contributed by atoms with Gasteiger partial charge in [-0.1, -0.05) is 53.0 Å². The molecule has 0 spiro atoms. The zero-order valence-corrected chi connectivity index (χ0v) is 16.4. The Balaban J connectivity index is 2.40. The van der Waals surface area contributed by atoms with Gasteiger partial charge in [-0.25, -0.2) is 0 Å². The van der Waals surface area contributed by atoms with Gasteiger partial charge in [0.25, 0.3) is 0 Å². The maximum absolute atomic E-state index is 9.96. The molecule has 4 nitrogen and oxygen atoms in total. The van der Waals surface area contributed by atoms with Crippen molar-refractivity contribution in [3.8, 4) is 18.2 Å². The van der Waals surface area contributed by atoms with Gasteiger partial charge in [-0.15, -0.1) is 0 Å². The zero-order valence-electron chi connectivity index (χ0n) is 14.9. The predicted molar refractivity (Wildman–Crippen MR) is 109 cm³/mol. The Bertz CT molecular complexity index is 1120. The lowest BCUT2D eigenvalue weighted by Crippen LogP contribution is -2.37. The summed E-state index contributed by atoms with van der Waals surface area (Å²) in [7, 11) is 0. The number of hydrogen-bond donors (Lipinski definition) is 1. The van der Waals surface area contributed by atoms with Gasteiger partial charge >= 0.3 is 0 Å². The lowest BCUT2D eigenvalue weighted by Gasteiger charge is -2.37. The molecule has 0 amide bonds. The highest BCUT2D eigenvalue weighted by Gasteiger charge is 2.50. The second kappa shape index (κ2) is 7.41. The molecule has 2 aromatic carbocycles. The minimum atomic E-state index is -1.70. The van der Waals surface area contributed by atoms with E-state index in [2.05, 4.69) is 18.2 Å². The van der Waals surface area contributed by atoms with E-state index in [4.69, 9.17) is 28.9 Å². The Morgan fingerprint density at radius 1 is 0.964 bits per heavy atom. The third-order valence-corrected chi connectivity index (χ3v) is 5.47. The van der Waals surface area contributed by atoms with Crippen LogP contribution in [-0.2, 0) is 0 Å². The van der Waals surface area contributed by atoms with E-state index in [0.29, 0.717) is 32.3 Å². The molecule has 3 rings (SSSR count). The second-order valence-electron chi connectivity index (χ2n) is 6.49. The molecule has 1 aliphatic rings. The Kier molecular flexibility index (Phi) is 5.17. The van der Waals surface area contributed by atoms with Crippen molar-refractivity contribution in [2.75, 3.05) is 0 Å². The summed E-state index contributed by atoms with van der Waals surface area (Å²) >= 11 is 12.2. The van der Waals surface area contributed by atoms with Crippen molar-refractivity contribution in [1.82, 2.24) is 0 Å². The van der Waals surface area contributed by atoms with Crippen LogP contribution in [0.3, 0.4) is 0 Å². The Labute approximate surface area is 173 Å². The molecule has 1 atom stereocenters. The third-order valence-electron chi connectivity index (χ3n) is 4.99. The van der Waals surface area contributed by atoms with Crippen molar-refractivity contribution in [2.45, 2.75) is 12.8 Å². The number of nitriles is 3. The fourth-order valence-electron chi connectivity index (χ4n) is 3.72. The van der Waals surface area contributed by atoms with Gasteiger partial charge in [-0.2, -0.15) is 15.8 Å². The van der Waals surface area contributed by atoms with E-state index in [1.807, 2.05) is 13.0 Å². The molecule has 0 bridgehead atoms. The summed E-state index contributed by atoms with van der Waals surface area (Å²) in [6.45, 7) is 1.81. The van der Waals surface area contributed by atoms with Crippen LogP contribution in [0.1, 0.15) is 24.0 Å². The van der Waals surface area contributed by atoms with Gasteiger partial charge in [-0.05, 0) is 42.3 Å². The summed E-state index contributed by atoms with van der Waals surface area (Å²) in [5, 5.41) is 30.8. The number of nitrogens with two attached hydrogens (primary N) is 1. The highest BCUT2D eigenvalue weighted by molar-refractivity contribution is 6.31. The quantitative estimate of drug-likeness (QED) is 0.730. The number of allylic oxidation sites excluding steroid dienone is 4.